The van der Waals surface area contributed by atoms with Gasteiger partial charge in [0.25, 0.3) is 0 Å². The van der Waals surface area contributed by atoms with Crippen molar-refractivity contribution in [3.8, 4) is 0 Å². The standard InChI is InChI=1S/C18H28ClNS/c1-3-4-5-6-7-8-14(2)20-17-11-12-21-18-10-9-15(19)13-16(17)18/h9-10,13-14,17,20H,3-8,11-12H2,1-2H3. The quantitative estimate of drug-likeness (QED) is 0.570. The van der Waals surface area contributed by atoms with Gasteiger partial charge in [-0.15, -0.1) is 11.8 Å². The first-order chi connectivity index (χ1) is 10.2. The largest absolute Gasteiger partial charge is 0.307 e. The summed E-state index contributed by atoms with van der Waals surface area (Å²) in [6, 6.07) is 7.39. The minimum Gasteiger partial charge on any atom is -0.307 e. The first kappa shape index (κ1) is 17.2. The van der Waals surface area contributed by atoms with Crippen LogP contribution in [-0.2, 0) is 0 Å². The van der Waals surface area contributed by atoms with E-state index in [2.05, 4.69) is 31.3 Å². The predicted molar refractivity (Wildman–Crippen MR) is 95.5 cm³/mol. The zero-order valence-corrected chi connectivity index (χ0v) is 14.9. The minimum absolute atomic E-state index is 0.477. The molecular formula is C18H28ClNS. The molecule has 1 aliphatic rings. The number of rotatable bonds is 8. The van der Waals surface area contributed by atoms with E-state index in [0.29, 0.717) is 12.1 Å². The van der Waals surface area contributed by atoms with Crippen LogP contribution in [0, 0.1) is 0 Å². The zero-order valence-electron chi connectivity index (χ0n) is 13.3. The molecule has 1 heterocycles. The summed E-state index contributed by atoms with van der Waals surface area (Å²) in [5.74, 6) is 1.20. The van der Waals surface area contributed by atoms with Crippen LogP contribution in [0.4, 0.5) is 0 Å². The Bertz CT molecular complexity index is 435. The molecule has 1 nitrogen and oxygen atoms in total. The lowest BCUT2D eigenvalue weighted by atomic mass is 10.0. The number of hydrogen-bond donors (Lipinski definition) is 1. The van der Waals surface area contributed by atoms with Crippen LogP contribution in [-0.4, -0.2) is 11.8 Å². The second-order valence-electron chi connectivity index (χ2n) is 6.14. The lowest BCUT2D eigenvalue weighted by Gasteiger charge is -2.29. The fraction of sp³-hybridized carbons (Fsp3) is 0.667. The van der Waals surface area contributed by atoms with Crippen molar-refractivity contribution in [3.63, 3.8) is 0 Å². The molecule has 0 saturated heterocycles. The van der Waals surface area contributed by atoms with E-state index < -0.39 is 0 Å². The molecule has 1 aliphatic heterocycles. The van der Waals surface area contributed by atoms with Crippen molar-refractivity contribution in [1.82, 2.24) is 5.32 Å². The number of fused-ring (bicyclic) bond motifs is 1. The molecule has 0 aliphatic carbocycles. The number of nitrogens with one attached hydrogen (secondary N) is 1. The lowest BCUT2D eigenvalue weighted by molar-refractivity contribution is 0.409. The summed E-state index contributed by atoms with van der Waals surface area (Å²) >= 11 is 8.13. The van der Waals surface area contributed by atoms with Crippen LogP contribution in [0.1, 0.15) is 70.4 Å². The van der Waals surface area contributed by atoms with Crippen molar-refractivity contribution >= 4 is 23.4 Å². The van der Waals surface area contributed by atoms with E-state index in [0.717, 1.165) is 5.02 Å². The Labute approximate surface area is 139 Å². The zero-order chi connectivity index (χ0) is 15.1. The van der Waals surface area contributed by atoms with Gasteiger partial charge in [-0.25, -0.2) is 0 Å². The molecule has 1 aromatic rings. The van der Waals surface area contributed by atoms with E-state index in [1.807, 2.05) is 17.8 Å². The summed E-state index contributed by atoms with van der Waals surface area (Å²) in [5.41, 5.74) is 1.40. The second kappa shape index (κ2) is 9.07. The monoisotopic (exact) mass is 325 g/mol. The van der Waals surface area contributed by atoms with Crippen LogP contribution in [0.25, 0.3) is 0 Å². The maximum absolute atomic E-state index is 6.17. The first-order valence-corrected chi connectivity index (χ1v) is 9.75. The third-order valence-electron chi connectivity index (χ3n) is 4.24. The van der Waals surface area contributed by atoms with Gasteiger partial charge in [-0.3, -0.25) is 0 Å². The molecule has 0 radical (unpaired) electrons. The molecule has 0 aromatic heterocycles. The Kier molecular flexibility index (Phi) is 7.42. The summed E-state index contributed by atoms with van der Waals surface area (Å²) in [6.07, 6.45) is 9.31. The molecule has 2 unspecified atom stereocenters. The van der Waals surface area contributed by atoms with E-state index in [4.69, 9.17) is 11.6 Å². The van der Waals surface area contributed by atoms with Gasteiger partial charge in [0.05, 0.1) is 0 Å². The third-order valence-corrected chi connectivity index (χ3v) is 5.60. The van der Waals surface area contributed by atoms with Gasteiger partial charge < -0.3 is 5.32 Å². The van der Waals surface area contributed by atoms with Gasteiger partial charge in [-0.05, 0) is 49.3 Å². The molecule has 0 spiro atoms. The van der Waals surface area contributed by atoms with Crippen LogP contribution in [0.5, 0.6) is 0 Å². The third kappa shape index (κ3) is 5.50. The molecule has 0 saturated carbocycles. The Morgan fingerprint density at radius 1 is 1.29 bits per heavy atom. The lowest BCUT2D eigenvalue weighted by Crippen LogP contribution is -2.32. The minimum atomic E-state index is 0.477. The predicted octanol–water partition coefficient (Wildman–Crippen LogP) is 6.22. The Hall–Kier alpha value is -0.180. The first-order valence-electron chi connectivity index (χ1n) is 8.39. The Morgan fingerprint density at radius 3 is 2.90 bits per heavy atom. The van der Waals surface area contributed by atoms with Crippen LogP contribution in [0.15, 0.2) is 23.1 Å². The van der Waals surface area contributed by atoms with E-state index in [1.165, 1.54) is 61.2 Å². The highest BCUT2D eigenvalue weighted by molar-refractivity contribution is 7.99. The number of halogens is 1. The highest BCUT2D eigenvalue weighted by atomic mass is 35.5. The van der Waals surface area contributed by atoms with Gasteiger partial charge in [0, 0.05) is 22.0 Å². The fourth-order valence-corrected chi connectivity index (χ4v) is 4.31. The molecule has 2 rings (SSSR count). The molecule has 1 aromatic carbocycles. The molecule has 1 N–H and O–H groups in total. The highest BCUT2D eigenvalue weighted by Crippen LogP contribution is 2.37. The van der Waals surface area contributed by atoms with Gasteiger partial charge in [0.1, 0.15) is 0 Å². The number of benzene rings is 1. The van der Waals surface area contributed by atoms with Crippen LogP contribution >= 0.6 is 23.4 Å². The molecule has 0 fully saturated rings. The van der Waals surface area contributed by atoms with Gasteiger partial charge in [0.2, 0.25) is 0 Å². The van der Waals surface area contributed by atoms with Crippen molar-refractivity contribution in [3.05, 3.63) is 28.8 Å². The van der Waals surface area contributed by atoms with Gasteiger partial charge >= 0.3 is 0 Å². The Balaban J connectivity index is 1.82. The van der Waals surface area contributed by atoms with Crippen molar-refractivity contribution < 1.29 is 0 Å². The second-order valence-corrected chi connectivity index (χ2v) is 7.72. The molecule has 0 amide bonds. The maximum Gasteiger partial charge on any atom is 0.0410 e. The maximum atomic E-state index is 6.17. The topological polar surface area (TPSA) is 12.0 Å². The summed E-state index contributed by atoms with van der Waals surface area (Å²) in [5, 5.41) is 4.68. The van der Waals surface area contributed by atoms with Crippen molar-refractivity contribution in [1.29, 1.82) is 0 Å². The number of hydrogen-bond acceptors (Lipinski definition) is 2. The highest BCUT2D eigenvalue weighted by Gasteiger charge is 2.22. The molecule has 0 bridgehead atoms. The van der Waals surface area contributed by atoms with Crippen LogP contribution in [0.2, 0.25) is 5.02 Å². The SMILES string of the molecule is CCCCCCCC(C)NC1CCSc2ccc(Cl)cc21. The van der Waals surface area contributed by atoms with Crippen LogP contribution in [0.3, 0.4) is 0 Å². The van der Waals surface area contributed by atoms with E-state index in [-0.39, 0.29) is 0 Å². The summed E-state index contributed by atoms with van der Waals surface area (Å²) in [6.45, 7) is 4.60. The normalized spacial score (nSPS) is 19.3. The molecule has 118 valence electrons. The van der Waals surface area contributed by atoms with Gasteiger partial charge in [-0.1, -0.05) is 50.6 Å². The Morgan fingerprint density at radius 2 is 2.10 bits per heavy atom. The number of thioether (sulfide) groups is 1. The van der Waals surface area contributed by atoms with E-state index in [9.17, 15) is 0 Å². The average Bonchev–Trinajstić information content (AvgIpc) is 2.48. The molecular weight excluding hydrogens is 298 g/mol. The van der Waals surface area contributed by atoms with E-state index in [1.54, 1.807) is 0 Å². The van der Waals surface area contributed by atoms with Crippen LogP contribution < -0.4 is 5.32 Å². The molecule has 21 heavy (non-hydrogen) atoms. The summed E-state index contributed by atoms with van der Waals surface area (Å²) in [4.78, 5) is 1.40. The van der Waals surface area contributed by atoms with Crippen molar-refractivity contribution in [2.75, 3.05) is 5.75 Å². The van der Waals surface area contributed by atoms with Crippen molar-refractivity contribution in [2.24, 2.45) is 0 Å². The number of unbranched alkanes of at least 4 members (excludes halogenated alkanes) is 4. The van der Waals surface area contributed by atoms with E-state index >= 15 is 0 Å². The smallest absolute Gasteiger partial charge is 0.0410 e. The van der Waals surface area contributed by atoms with Gasteiger partial charge in [-0.2, -0.15) is 0 Å². The average molecular weight is 326 g/mol. The van der Waals surface area contributed by atoms with Gasteiger partial charge in [0.15, 0.2) is 0 Å². The molecule has 2 atom stereocenters. The summed E-state index contributed by atoms with van der Waals surface area (Å²) in [7, 11) is 0. The van der Waals surface area contributed by atoms with Crippen molar-refractivity contribution in [2.45, 2.75) is 75.8 Å². The fourth-order valence-electron chi connectivity index (χ4n) is 3.02. The molecule has 3 heteroatoms. The summed E-state index contributed by atoms with van der Waals surface area (Å²) < 4.78 is 0.